The Hall–Kier alpha value is -0.440. The zero-order chi connectivity index (χ0) is 9.84. The second-order valence-corrected chi connectivity index (χ2v) is 3.62. The Balaban J connectivity index is 2.71. The number of aliphatic hydroxyl groups is 1. The highest BCUT2D eigenvalue weighted by atomic mass is 35.5. The van der Waals surface area contributed by atoms with Crippen molar-refractivity contribution in [3.8, 4) is 0 Å². The minimum Gasteiger partial charge on any atom is -0.392 e. The van der Waals surface area contributed by atoms with E-state index in [9.17, 15) is 0 Å². The lowest BCUT2D eigenvalue weighted by Crippen LogP contribution is -2.15. The van der Waals surface area contributed by atoms with E-state index in [-0.39, 0.29) is 0 Å². The van der Waals surface area contributed by atoms with E-state index in [1.165, 1.54) is 0 Å². The Morgan fingerprint density at radius 1 is 1.46 bits per heavy atom. The Kier molecular flexibility index (Phi) is 3.85. The predicted octanol–water partition coefficient (Wildman–Crippen LogP) is 2.79. The first-order chi connectivity index (χ1) is 6.11. The molecule has 0 radical (unpaired) electrons. The molecule has 0 fully saturated rings. The Bertz CT molecular complexity index is 289. The third kappa shape index (κ3) is 3.07. The van der Waals surface area contributed by atoms with Crippen molar-refractivity contribution in [2.75, 3.05) is 11.9 Å². The Morgan fingerprint density at radius 3 is 2.77 bits per heavy atom. The molecular formula is C9H11Cl2NO. The van der Waals surface area contributed by atoms with E-state index >= 15 is 0 Å². The summed E-state index contributed by atoms with van der Waals surface area (Å²) in [6.45, 7) is 2.16. The molecule has 1 rings (SSSR count). The highest BCUT2D eigenvalue weighted by molar-refractivity contribution is 6.43. The monoisotopic (exact) mass is 219 g/mol. The van der Waals surface area contributed by atoms with Gasteiger partial charge in [-0.2, -0.15) is 0 Å². The maximum atomic E-state index is 9.04. The number of hydrogen-bond acceptors (Lipinski definition) is 2. The van der Waals surface area contributed by atoms with Crippen molar-refractivity contribution in [1.29, 1.82) is 0 Å². The molecule has 0 saturated heterocycles. The van der Waals surface area contributed by atoms with Gasteiger partial charge in [-0.25, -0.2) is 0 Å². The lowest BCUT2D eigenvalue weighted by atomic mass is 10.3. The average molecular weight is 220 g/mol. The molecule has 0 aliphatic rings. The van der Waals surface area contributed by atoms with Gasteiger partial charge in [-0.3, -0.25) is 0 Å². The molecule has 2 N–H and O–H groups in total. The maximum Gasteiger partial charge on any atom is 0.0823 e. The zero-order valence-corrected chi connectivity index (χ0v) is 8.73. The first-order valence-corrected chi connectivity index (χ1v) is 4.73. The summed E-state index contributed by atoms with van der Waals surface area (Å²) in [5.74, 6) is 0. The second kappa shape index (κ2) is 4.70. The largest absolute Gasteiger partial charge is 0.392 e. The van der Waals surface area contributed by atoms with Crippen LogP contribution in [0.25, 0.3) is 0 Å². The highest BCUT2D eigenvalue weighted by Crippen LogP contribution is 2.29. The number of aliphatic hydroxyl groups excluding tert-OH is 1. The average Bonchev–Trinajstić information content (AvgIpc) is 2.07. The van der Waals surface area contributed by atoms with Crippen LogP contribution in [0, 0.1) is 0 Å². The molecule has 0 amide bonds. The third-order valence-corrected chi connectivity index (χ3v) is 2.36. The summed E-state index contributed by atoms with van der Waals surface area (Å²) >= 11 is 11.7. The van der Waals surface area contributed by atoms with Gasteiger partial charge in [-0.05, 0) is 19.1 Å². The van der Waals surface area contributed by atoms with Gasteiger partial charge in [0.1, 0.15) is 0 Å². The molecule has 0 saturated carbocycles. The highest BCUT2D eigenvalue weighted by Gasteiger charge is 2.03. The molecule has 0 aliphatic heterocycles. The Morgan fingerprint density at radius 2 is 2.15 bits per heavy atom. The summed E-state index contributed by atoms with van der Waals surface area (Å²) in [7, 11) is 0. The van der Waals surface area contributed by atoms with Crippen molar-refractivity contribution in [2.24, 2.45) is 0 Å². The van der Waals surface area contributed by atoms with Crippen molar-refractivity contribution in [3.05, 3.63) is 28.2 Å². The van der Waals surface area contributed by atoms with E-state index in [0.29, 0.717) is 16.6 Å². The smallest absolute Gasteiger partial charge is 0.0823 e. The number of anilines is 1. The van der Waals surface area contributed by atoms with Gasteiger partial charge in [0.05, 0.1) is 21.8 Å². The van der Waals surface area contributed by atoms with Gasteiger partial charge >= 0.3 is 0 Å². The molecule has 2 nitrogen and oxygen atoms in total. The van der Waals surface area contributed by atoms with Crippen molar-refractivity contribution < 1.29 is 5.11 Å². The van der Waals surface area contributed by atoms with Crippen LogP contribution >= 0.6 is 23.2 Å². The van der Waals surface area contributed by atoms with E-state index in [1.54, 1.807) is 19.1 Å². The van der Waals surface area contributed by atoms with Crippen molar-refractivity contribution >= 4 is 28.9 Å². The molecule has 13 heavy (non-hydrogen) atoms. The van der Waals surface area contributed by atoms with Gasteiger partial charge < -0.3 is 10.4 Å². The Labute approximate surface area is 87.5 Å². The van der Waals surface area contributed by atoms with Crippen LogP contribution in [-0.2, 0) is 0 Å². The van der Waals surface area contributed by atoms with E-state index < -0.39 is 6.10 Å². The lowest BCUT2D eigenvalue weighted by Gasteiger charge is -2.10. The molecule has 0 bridgehead atoms. The summed E-state index contributed by atoms with van der Waals surface area (Å²) in [6, 6.07) is 5.34. The van der Waals surface area contributed by atoms with Crippen molar-refractivity contribution in [1.82, 2.24) is 0 Å². The topological polar surface area (TPSA) is 32.3 Å². The van der Waals surface area contributed by atoms with E-state index in [1.807, 2.05) is 6.07 Å². The molecule has 4 heteroatoms. The molecule has 0 aromatic heterocycles. The van der Waals surface area contributed by atoms with Crippen LogP contribution < -0.4 is 5.32 Å². The molecule has 1 aromatic rings. The summed E-state index contributed by atoms with van der Waals surface area (Å²) < 4.78 is 0. The van der Waals surface area contributed by atoms with E-state index in [4.69, 9.17) is 28.3 Å². The van der Waals surface area contributed by atoms with Gasteiger partial charge in [0.2, 0.25) is 0 Å². The van der Waals surface area contributed by atoms with Crippen molar-refractivity contribution in [2.45, 2.75) is 13.0 Å². The fraction of sp³-hybridized carbons (Fsp3) is 0.333. The molecule has 1 aromatic carbocycles. The normalized spacial score (nSPS) is 12.6. The molecular weight excluding hydrogens is 209 g/mol. The van der Waals surface area contributed by atoms with Crippen LogP contribution in [0.1, 0.15) is 6.92 Å². The molecule has 0 aliphatic carbocycles. The van der Waals surface area contributed by atoms with Gasteiger partial charge in [0.15, 0.2) is 0 Å². The lowest BCUT2D eigenvalue weighted by molar-refractivity contribution is 0.208. The molecule has 1 atom stereocenters. The van der Waals surface area contributed by atoms with E-state index in [0.717, 1.165) is 5.69 Å². The fourth-order valence-corrected chi connectivity index (χ4v) is 1.27. The first-order valence-electron chi connectivity index (χ1n) is 3.97. The van der Waals surface area contributed by atoms with Crippen LogP contribution in [-0.4, -0.2) is 17.8 Å². The number of nitrogens with one attached hydrogen (secondary N) is 1. The molecule has 1 unspecified atom stereocenters. The number of benzene rings is 1. The minimum absolute atomic E-state index is 0.407. The van der Waals surface area contributed by atoms with Gasteiger partial charge in [-0.15, -0.1) is 0 Å². The molecule has 0 heterocycles. The number of rotatable bonds is 3. The van der Waals surface area contributed by atoms with Crippen LogP contribution in [0.5, 0.6) is 0 Å². The van der Waals surface area contributed by atoms with Gasteiger partial charge in [-0.1, -0.05) is 29.3 Å². The summed E-state index contributed by atoms with van der Waals surface area (Å²) in [6.07, 6.45) is -0.407. The second-order valence-electron chi connectivity index (χ2n) is 2.83. The standard InChI is InChI=1S/C9H11Cl2NO/c1-6(13)5-12-8-4-2-3-7(10)9(8)11/h2-4,6,12-13H,5H2,1H3. The minimum atomic E-state index is -0.407. The van der Waals surface area contributed by atoms with Gasteiger partial charge in [0.25, 0.3) is 0 Å². The van der Waals surface area contributed by atoms with Crippen molar-refractivity contribution in [3.63, 3.8) is 0 Å². The first kappa shape index (κ1) is 10.6. The summed E-state index contributed by atoms with van der Waals surface area (Å²) in [5, 5.41) is 13.0. The molecule has 72 valence electrons. The summed E-state index contributed by atoms with van der Waals surface area (Å²) in [4.78, 5) is 0. The maximum absolute atomic E-state index is 9.04. The zero-order valence-electron chi connectivity index (χ0n) is 7.22. The number of hydrogen-bond donors (Lipinski definition) is 2. The fourth-order valence-electron chi connectivity index (χ4n) is 0.898. The van der Waals surface area contributed by atoms with Gasteiger partial charge in [0, 0.05) is 6.54 Å². The van der Waals surface area contributed by atoms with Crippen LogP contribution in [0.3, 0.4) is 0 Å². The predicted molar refractivity (Wildman–Crippen MR) is 56.6 cm³/mol. The third-order valence-electron chi connectivity index (χ3n) is 1.54. The van der Waals surface area contributed by atoms with E-state index in [2.05, 4.69) is 5.32 Å². The van der Waals surface area contributed by atoms with Crippen LogP contribution in [0.4, 0.5) is 5.69 Å². The van der Waals surface area contributed by atoms with Crippen LogP contribution in [0.15, 0.2) is 18.2 Å². The SMILES string of the molecule is CC(O)CNc1cccc(Cl)c1Cl. The number of halogens is 2. The van der Waals surface area contributed by atoms with Crippen LogP contribution in [0.2, 0.25) is 10.0 Å². The quantitative estimate of drug-likeness (QED) is 0.820. The molecule has 0 spiro atoms. The summed E-state index contributed by atoms with van der Waals surface area (Å²) in [5.41, 5.74) is 0.745.